The van der Waals surface area contributed by atoms with Gasteiger partial charge in [0, 0.05) is 19.6 Å². The lowest BCUT2D eigenvalue weighted by Crippen LogP contribution is -2.41. The van der Waals surface area contributed by atoms with Crippen LogP contribution in [0.15, 0.2) is 18.2 Å². The number of alkyl halides is 3. The van der Waals surface area contributed by atoms with Crippen molar-refractivity contribution in [3.63, 3.8) is 0 Å². The van der Waals surface area contributed by atoms with Gasteiger partial charge in [0.1, 0.15) is 0 Å². The first-order chi connectivity index (χ1) is 8.99. The van der Waals surface area contributed by atoms with Crippen LogP contribution in [-0.4, -0.2) is 29.1 Å². The Morgan fingerprint density at radius 3 is 2.74 bits per heavy atom. The zero-order chi connectivity index (χ0) is 13.9. The summed E-state index contributed by atoms with van der Waals surface area (Å²) in [6.45, 7) is 1.57. The smallest absolute Gasteiger partial charge is 0.325 e. The van der Waals surface area contributed by atoms with Gasteiger partial charge in [0.2, 0.25) is 0 Å². The van der Waals surface area contributed by atoms with Crippen LogP contribution >= 0.6 is 0 Å². The molecule has 1 atom stereocenters. The predicted octanol–water partition coefficient (Wildman–Crippen LogP) is 2.31. The van der Waals surface area contributed by atoms with Gasteiger partial charge in [-0.3, -0.25) is 9.88 Å². The van der Waals surface area contributed by atoms with E-state index in [9.17, 15) is 13.2 Å². The Hall–Kier alpha value is -1.14. The van der Waals surface area contributed by atoms with E-state index >= 15 is 0 Å². The van der Waals surface area contributed by atoms with E-state index in [1.165, 1.54) is 0 Å². The first-order valence-corrected chi connectivity index (χ1v) is 6.43. The number of pyridine rings is 1. The largest absolute Gasteiger partial charge is 0.393 e. The molecule has 1 aliphatic heterocycles. The minimum Gasteiger partial charge on any atom is -0.325 e. The molecule has 6 heteroatoms. The summed E-state index contributed by atoms with van der Waals surface area (Å²) in [6.07, 6.45) is -3.28. The van der Waals surface area contributed by atoms with Crippen LogP contribution in [0.4, 0.5) is 13.2 Å². The van der Waals surface area contributed by atoms with Crippen LogP contribution in [0.25, 0.3) is 0 Å². The second kappa shape index (κ2) is 5.88. The quantitative estimate of drug-likeness (QED) is 0.919. The van der Waals surface area contributed by atoms with Crippen molar-refractivity contribution in [2.24, 2.45) is 11.7 Å². The molecule has 2 N–H and O–H groups in total. The minimum absolute atomic E-state index is 0.0675. The maximum absolute atomic E-state index is 12.7. The second-order valence-electron chi connectivity index (χ2n) is 4.94. The number of halogens is 3. The molecule has 1 aromatic heterocycles. The van der Waals surface area contributed by atoms with Crippen molar-refractivity contribution in [2.75, 3.05) is 13.1 Å². The number of hydrogen-bond donors (Lipinski definition) is 1. The molecule has 106 valence electrons. The molecule has 3 nitrogen and oxygen atoms in total. The lowest BCUT2D eigenvalue weighted by molar-refractivity contribution is -0.187. The normalized spacial score (nSPS) is 21.6. The highest BCUT2D eigenvalue weighted by Crippen LogP contribution is 2.33. The topological polar surface area (TPSA) is 42.1 Å². The number of aromatic nitrogens is 1. The molecule has 1 aliphatic rings. The first-order valence-electron chi connectivity index (χ1n) is 6.43. The van der Waals surface area contributed by atoms with Crippen molar-refractivity contribution in [3.05, 3.63) is 29.6 Å². The highest BCUT2D eigenvalue weighted by atomic mass is 19.4. The number of hydrogen-bond acceptors (Lipinski definition) is 3. The molecule has 1 fully saturated rings. The van der Waals surface area contributed by atoms with Crippen molar-refractivity contribution in [3.8, 4) is 0 Å². The Labute approximate surface area is 110 Å². The second-order valence-corrected chi connectivity index (χ2v) is 4.94. The fourth-order valence-electron chi connectivity index (χ4n) is 2.43. The summed E-state index contributed by atoms with van der Waals surface area (Å²) in [5.41, 5.74) is 7.05. The number of piperidine rings is 1. The Morgan fingerprint density at radius 1 is 1.32 bits per heavy atom. The van der Waals surface area contributed by atoms with E-state index < -0.39 is 12.1 Å². The van der Waals surface area contributed by atoms with Gasteiger partial charge in [0.15, 0.2) is 0 Å². The molecule has 2 heterocycles. The van der Waals surface area contributed by atoms with Gasteiger partial charge in [-0.1, -0.05) is 6.07 Å². The molecular formula is C13H18F3N3. The molecule has 0 spiro atoms. The van der Waals surface area contributed by atoms with Crippen molar-refractivity contribution < 1.29 is 13.2 Å². The molecule has 19 heavy (non-hydrogen) atoms. The van der Waals surface area contributed by atoms with Crippen molar-refractivity contribution in [2.45, 2.75) is 32.1 Å². The molecule has 1 unspecified atom stereocenters. The maximum atomic E-state index is 12.7. The van der Waals surface area contributed by atoms with Gasteiger partial charge < -0.3 is 5.73 Å². The number of likely N-dealkylation sites (tertiary alicyclic amines) is 1. The summed E-state index contributed by atoms with van der Waals surface area (Å²) < 4.78 is 38.1. The Kier molecular flexibility index (Phi) is 4.42. The van der Waals surface area contributed by atoms with E-state index in [2.05, 4.69) is 4.98 Å². The highest BCUT2D eigenvalue weighted by Gasteiger charge is 2.41. The number of rotatable bonds is 3. The monoisotopic (exact) mass is 273 g/mol. The third-order valence-electron chi connectivity index (χ3n) is 3.43. The van der Waals surface area contributed by atoms with E-state index in [0.717, 1.165) is 11.4 Å². The average molecular weight is 273 g/mol. The Balaban J connectivity index is 1.98. The fraction of sp³-hybridized carbons (Fsp3) is 0.615. The van der Waals surface area contributed by atoms with E-state index in [4.69, 9.17) is 5.73 Å². The van der Waals surface area contributed by atoms with Crippen LogP contribution in [0.3, 0.4) is 0 Å². The molecule has 1 saturated heterocycles. The Morgan fingerprint density at radius 2 is 2.05 bits per heavy atom. The van der Waals surface area contributed by atoms with Crippen LogP contribution in [0.2, 0.25) is 0 Å². The molecule has 0 bridgehead atoms. The summed E-state index contributed by atoms with van der Waals surface area (Å²) in [5.74, 6) is -1.21. The zero-order valence-corrected chi connectivity index (χ0v) is 10.7. The summed E-state index contributed by atoms with van der Waals surface area (Å²) in [5, 5.41) is 0. The third-order valence-corrected chi connectivity index (χ3v) is 3.43. The third kappa shape index (κ3) is 3.91. The number of nitrogens with zero attached hydrogens (tertiary/aromatic N) is 2. The summed E-state index contributed by atoms with van der Waals surface area (Å²) >= 11 is 0. The van der Waals surface area contributed by atoms with Crippen LogP contribution < -0.4 is 5.73 Å². The van der Waals surface area contributed by atoms with Gasteiger partial charge in [-0.05, 0) is 31.5 Å². The van der Waals surface area contributed by atoms with Gasteiger partial charge in [0.05, 0.1) is 17.3 Å². The van der Waals surface area contributed by atoms with Crippen LogP contribution in [-0.2, 0) is 13.1 Å². The average Bonchev–Trinajstić information content (AvgIpc) is 2.38. The van der Waals surface area contributed by atoms with Crippen molar-refractivity contribution in [1.82, 2.24) is 9.88 Å². The molecule has 0 radical (unpaired) electrons. The molecule has 0 saturated carbocycles. The molecule has 1 aromatic rings. The lowest BCUT2D eigenvalue weighted by Gasteiger charge is -2.33. The lowest BCUT2D eigenvalue weighted by atomic mass is 9.97. The van der Waals surface area contributed by atoms with Crippen LogP contribution in [0.1, 0.15) is 24.2 Å². The molecular weight excluding hydrogens is 255 g/mol. The summed E-state index contributed by atoms with van der Waals surface area (Å²) in [7, 11) is 0. The Bertz CT molecular complexity index is 420. The molecule has 0 amide bonds. The van der Waals surface area contributed by atoms with Crippen molar-refractivity contribution >= 4 is 0 Å². The first kappa shape index (κ1) is 14.3. The van der Waals surface area contributed by atoms with Crippen molar-refractivity contribution in [1.29, 1.82) is 0 Å². The van der Waals surface area contributed by atoms with E-state index in [1.54, 1.807) is 0 Å². The fourth-order valence-corrected chi connectivity index (χ4v) is 2.43. The predicted molar refractivity (Wildman–Crippen MR) is 66.2 cm³/mol. The summed E-state index contributed by atoms with van der Waals surface area (Å²) in [6, 6.07) is 5.49. The highest BCUT2D eigenvalue weighted by molar-refractivity contribution is 5.11. The van der Waals surface area contributed by atoms with Gasteiger partial charge in [-0.25, -0.2) is 0 Å². The van der Waals surface area contributed by atoms with E-state index in [1.807, 2.05) is 23.1 Å². The standard InChI is InChI=1S/C13H18F3N3/c14-13(15,16)10-3-2-6-19(8-10)9-12-5-1-4-11(7-17)18-12/h1,4-5,10H,2-3,6-9,17H2. The molecule has 0 aliphatic carbocycles. The van der Waals surface area contributed by atoms with Crippen LogP contribution in [0, 0.1) is 5.92 Å². The maximum Gasteiger partial charge on any atom is 0.393 e. The van der Waals surface area contributed by atoms with E-state index in [-0.39, 0.29) is 13.0 Å². The molecule has 0 aromatic carbocycles. The van der Waals surface area contributed by atoms with Gasteiger partial charge in [-0.15, -0.1) is 0 Å². The SMILES string of the molecule is NCc1cccc(CN2CCCC(C(F)(F)F)C2)n1. The number of nitrogens with two attached hydrogens (primary N) is 1. The summed E-state index contributed by atoms with van der Waals surface area (Å²) in [4.78, 5) is 6.15. The van der Waals surface area contributed by atoms with Crippen LogP contribution in [0.5, 0.6) is 0 Å². The van der Waals surface area contributed by atoms with E-state index in [0.29, 0.717) is 26.1 Å². The minimum atomic E-state index is -4.09. The van der Waals surface area contributed by atoms with Gasteiger partial charge >= 0.3 is 6.18 Å². The molecule has 2 rings (SSSR count). The van der Waals surface area contributed by atoms with Gasteiger partial charge in [-0.2, -0.15) is 13.2 Å². The zero-order valence-electron chi connectivity index (χ0n) is 10.7. The van der Waals surface area contributed by atoms with Gasteiger partial charge in [0.25, 0.3) is 0 Å².